The number of carboxylic acid groups (broad SMARTS) is 1. The molecule has 0 spiro atoms. The molecule has 2 aromatic rings. The minimum atomic E-state index is -1.05. The van der Waals surface area contributed by atoms with E-state index < -0.39 is 11.6 Å². The van der Waals surface area contributed by atoms with E-state index in [4.69, 9.17) is 20.3 Å². The number of nitrogens with two attached hydrogens (primary N) is 1. The Morgan fingerprint density at radius 2 is 2.19 bits per heavy atom. The van der Waals surface area contributed by atoms with Gasteiger partial charge in [0.1, 0.15) is 30.5 Å². The van der Waals surface area contributed by atoms with Crippen LogP contribution in [0.1, 0.15) is 32.8 Å². The number of carbonyl (C=O) groups is 1. The minimum Gasteiger partial charge on any atom is -0.491 e. The Bertz CT molecular complexity index is 853. The second-order valence-electron chi connectivity index (χ2n) is 7.59. The van der Waals surface area contributed by atoms with E-state index in [-0.39, 0.29) is 6.61 Å². The summed E-state index contributed by atoms with van der Waals surface area (Å²) in [5.74, 6) is 2.15. The quantitative estimate of drug-likeness (QED) is 0.715. The highest BCUT2D eigenvalue weighted by Crippen LogP contribution is 2.39. The van der Waals surface area contributed by atoms with Crippen molar-refractivity contribution in [2.75, 3.05) is 12.3 Å². The number of hydrogen-bond donors (Lipinski definition) is 3. The van der Waals surface area contributed by atoms with Crippen LogP contribution in [0.5, 0.6) is 11.5 Å². The monoisotopic (exact) mass is 371 g/mol. The third-order valence-electron chi connectivity index (χ3n) is 4.46. The van der Waals surface area contributed by atoms with Gasteiger partial charge in [-0.1, -0.05) is 19.9 Å². The molecule has 1 aliphatic rings. The van der Waals surface area contributed by atoms with E-state index in [9.17, 15) is 4.79 Å². The highest BCUT2D eigenvalue weighted by molar-refractivity contribution is 5.77. The van der Waals surface area contributed by atoms with E-state index in [2.05, 4.69) is 24.1 Å². The second-order valence-corrected chi connectivity index (χ2v) is 7.59. The molecule has 1 aromatic heterocycles. The molecule has 2 heterocycles. The van der Waals surface area contributed by atoms with Gasteiger partial charge in [0.15, 0.2) is 0 Å². The highest BCUT2D eigenvalue weighted by atomic mass is 16.5. The van der Waals surface area contributed by atoms with Crippen molar-refractivity contribution in [3.8, 4) is 22.6 Å². The zero-order valence-electron chi connectivity index (χ0n) is 15.8. The van der Waals surface area contributed by atoms with E-state index >= 15 is 0 Å². The number of anilines is 1. The van der Waals surface area contributed by atoms with Crippen LogP contribution >= 0.6 is 0 Å². The van der Waals surface area contributed by atoms with Gasteiger partial charge in [0, 0.05) is 11.1 Å². The van der Waals surface area contributed by atoms with Crippen LogP contribution in [-0.4, -0.2) is 28.3 Å². The number of benzene rings is 1. The van der Waals surface area contributed by atoms with Gasteiger partial charge in [0.25, 0.3) is 0 Å². The van der Waals surface area contributed by atoms with Crippen molar-refractivity contribution in [3.05, 3.63) is 36.0 Å². The molecule has 7 heteroatoms. The number of nitrogens with zero attached hydrogens (tertiary/aromatic N) is 1. The molecule has 1 aromatic carbocycles. The van der Waals surface area contributed by atoms with E-state index in [1.54, 1.807) is 12.3 Å². The SMILES string of the molecule is CC(C)CC(C)(COc1ccc2c(c1)COc1cnc(N)cc1-2)NC(=O)O. The number of pyridine rings is 1. The van der Waals surface area contributed by atoms with Gasteiger partial charge < -0.3 is 25.6 Å². The fraction of sp³-hybridized carbons (Fsp3) is 0.400. The summed E-state index contributed by atoms with van der Waals surface area (Å²) in [4.78, 5) is 15.2. The first-order valence-corrected chi connectivity index (χ1v) is 8.91. The van der Waals surface area contributed by atoms with Crippen molar-refractivity contribution < 1.29 is 19.4 Å². The average Bonchev–Trinajstić information content (AvgIpc) is 2.58. The zero-order valence-corrected chi connectivity index (χ0v) is 15.8. The van der Waals surface area contributed by atoms with E-state index in [0.717, 1.165) is 16.7 Å². The molecule has 0 bridgehead atoms. The molecule has 7 nitrogen and oxygen atoms in total. The topological polar surface area (TPSA) is 107 Å². The van der Waals surface area contributed by atoms with Gasteiger partial charge in [0.2, 0.25) is 0 Å². The minimum absolute atomic E-state index is 0.241. The summed E-state index contributed by atoms with van der Waals surface area (Å²) in [6, 6.07) is 7.56. The Balaban J connectivity index is 1.78. The molecule has 3 rings (SSSR count). The Hall–Kier alpha value is -2.96. The Morgan fingerprint density at radius 1 is 1.41 bits per heavy atom. The number of aromatic nitrogens is 1. The normalized spacial score (nSPS) is 14.5. The van der Waals surface area contributed by atoms with Crippen LogP contribution in [0.25, 0.3) is 11.1 Å². The van der Waals surface area contributed by atoms with Gasteiger partial charge >= 0.3 is 6.09 Å². The molecule has 0 fully saturated rings. The van der Waals surface area contributed by atoms with E-state index in [1.165, 1.54) is 0 Å². The van der Waals surface area contributed by atoms with E-state index in [1.807, 2.05) is 25.1 Å². The van der Waals surface area contributed by atoms with Crippen molar-refractivity contribution in [1.29, 1.82) is 0 Å². The van der Waals surface area contributed by atoms with Gasteiger partial charge in [-0.05, 0) is 43.0 Å². The Kier molecular flexibility index (Phi) is 5.12. The molecule has 0 saturated carbocycles. The maximum Gasteiger partial charge on any atom is 0.405 e. The lowest BCUT2D eigenvalue weighted by molar-refractivity contribution is 0.143. The van der Waals surface area contributed by atoms with Crippen molar-refractivity contribution in [2.24, 2.45) is 5.92 Å². The molecule has 1 atom stereocenters. The van der Waals surface area contributed by atoms with Crippen molar-refractivity contribution in [2.45, 2.75) is 39.3 Å². The van der Waals surface area contributed by atoms with Crippen molar-refractivity contribution >= 4 is 11.9 Å². The second kappa shape index (κ2) is 7.34. The Labute approximate surface area is 158 Å². The summed E-state index contributed by atoms with van der Waals surface area (Å²) in [6.45, 7) is 6.62. The van der Waals surface area contributed by atoms with Crippen LogP contribution in [0.4, 0.5) is 10.6 Å². The van der Waals surface area contributed by atoms with Crippen LogP contribution in [0, 0.1) is 5.92 Å². The number of rotatable bonds is 6. The first-order chi connectivity index (χ1) is 12.8. The first kappa shape index (κ1) is 18.8. The van der Waals surface area contributed by atoms with Gasteiger partial charge in [-0.15, -0.1) is 0 Å². The zero-order chi connectivity index (χ0) is 19.6. The molecular weight excluding hydrogens is 346 g/mol. The smallest absolute Gasteiger partial charge is 0.405 e. The van der Waals surface area contributed by atoms with Crippen LogP contribution in [-0.2, 0) is 6.61 Å². The molecule has 0 aliphatic carbocycles. The summed E-state index contributed by atoms with van der Waals surface area (Å²) in [5, 5.41) is 11.7. The highest BCUT2D eigenvalue weighted by Gasteiger charge is 2.29. The molecule has 144 valence electrons. The largest absolute Gasteiger partial charge is 0.491 e. The van der Waals surface area contributed by atoms with Gasteiger partial charge in [-0.3, -0.25) is 0 Å². The van der Waals surface area contributed by atoms with Crippen LogP contribution in [0.15, 0.2) is 30.5 Å². The lowest BCUT2D eigenvalue weighted by atomic mass is 9.91. The fourth-order valence-electron chi connectivity index (χ4n) is 3.53. The maximum absolute atomic E-state index is 11.1. The number of fused-ring (bicyclic) bond motifs is 3. The molecule has 0 radical (unpaired) electrons. The Morgan fingerprint density at radius 3 is 2.89 bits per heavy atom. The van der Waals surface area contributed by atoms with Crippen molar-refractivity contribution in [3.63, 3.8) is 0 Å². The maximum atomic E-state index is 11.1. The number of nitrogens with one attached hydrogen (secondary N) is 1. The third-order valence-corrected chi connectivity index (χ3v) is 4.46. The number of hydrogen-bond acceptors (Lipinski definition) is 5. The number of nitrogen functional groups attached to an aromatic ring is 1. The molecule has 4 N–H and O–H groups in total. The molecule has 1 amide bonds. The summed E-state index contributed by atoms with van der Waals surface area (Å²) < 4.78 is 11.7. The lowest BCUT2D eigenvalue weighted by Crippen LogP contribution is -2.50. The summed E-state index contributed by atoms with van der Waals surface area (Å²) in [6.07, 6.45) is 1.25. The van der Waals surface area contributed by atoms with Gasteiger partial charge in [-0.2, -0.15) is 0 Å². The first-order valence-electron chi connectivity index (χ1n) is 8.91. The van der Waals surface area contributed by atoms with Gasteiger partial charge in [-0.25, -0.2) is 9.78 Å². The number of amides is 1. The molecule has 1 aliphatic heterocycles. The van der Waals surface area contributed by atoms with Crippen LogP contribution < -0.4 is 20.5 Å². The molecule has 27 heavy (non-hydrogen) atoms. The van der Waals surface area contributed by atoms with E-state index in [0.29, 0.717) is 36.3 Å². The summed E-state index contributed by atoms with van der Waals surface area (Å²) >= 11 is 0. The standard InChI is InChI=1S/C20H25N3O4/c1-12(2)8-20(3,23-19(24)25)11-27-14-4-5-15-13(6-14)10-26-17-9-22-18(21)7-16(15)17/h4-7,9,12,23H,8,10-11H2,1-3H3,(H2,21,22)(H,24,25). The molecule has 0 saturated heterocycles. The van der Waals surface area contributed by atoms with Crippen LogP contribution in [0.3, 0.4) is 0 Å². The summed E-state index contributed by atoms with van der Waals surface area (Å²) in [7, 11) is 0. The van der Waals surface area contributed by atoms with Crippen molar-refractivity contribution in [1.82, 2.24) is 10.3 Å². The average molecular weight is 371 g/mol. The molecular formula is C20H25N3O4. The lowest BCUT2D eigenvalue weighted by Gasteiger charge is -2.31. The fourth-order valence-corrected chi connectivity index (χ4v) is 3.53. The number of ether oxygens (including phenoxy) is 2. The summed E-state index contributed by atoms with van der Waals surface area (Å²) in [5.41, 5.74) is 8.06. The van der Waals surface area contributed by atoms with Crippen LogP contribution in [0.2, 0.25) is 0 Å². The third kappa shape index (κ3) is 4.42. The predicted molar refractivity (Wildman–Crippen MR) is 103 cm³/mol. The molecule has 1 unspecified atom stereocenters. The predicted octanol–water partition coefficient (Wildman–Crippen LogP) is 3.67. The van der Waals surface area contributed by atoms with Gasteiger partial charge in [0.05, 0.1) is 11.7 Å².